The van der Waals surface area contributed by atoms with Crippen molar-refractivity contribution in [2.75, 3.05) is 33.2 Å². The summed E-state index contributed by atoms with van der Waals surface area (Å²) in [6.07, 6.45) is -0.0844. The average Bonchev–Trinajstić information content (AvgIpc) is 2.49. The average molecular weight is 313 g/mol. The van der Waals surface area contributed by atoms with Crippen LogP contribution >= 0.6 is 0 Å². The Labute approximate surface area is 126 Å². The summed E-state index contributed by atoms with van der Waals surface area (Å²) in [5.74, 6) is 0. The highest BCUT2D eigenvalue weighted by Crippen LogP contribution is 2.20. The van der Waals surface area contributed by atoms with E-state index in [1.807, 2.05) is 14.0 Å². The van der Waals surface area contributed by atoms with Gasteiger partial charge in [0.15, 0.2) is 0 Å². The Morgan fingerprint density at radius 3 is 2.57 bits per heavy atom. The van der Waals surface area contributed by atoms with Crippen molar-refractivity contribution in [3.63, 3.8) is 0 Å². The first-order valence-electron chi connectivity index (χ1n) is 7.16. The van der Waals surface area contributed by atoms with Crippen LogP contribution in [0.5, 0.6) is 0 Å². The van der Waals surface area contributed by atoms with Gasteiger partial charge >= 0.3 is 0 Å². The van der Waals surface area contributed by atoms with Crippen LogP contribution in [0.4, 0.5) is 0 Å². The van der Waals surface area contributed by atoms with E-state index in [4.69, 9.17) is 0 Å². The first-order chi connectivity index (χ1) is 9.92. The second-order valence-electron chi connectivity index (χ2n) is 5.38. The third kappa shape index (κ3) is 4.24. The zero-order chi connectivity index (χ0) is 15.5. The highest BCUT2D eigenvalue weighted by Gasteiger charge is 2.22. The van der Waals surface area contributed by atoms with Crippen molar-refractivity contribution in [2.45, 2.75) is 24.3 Å². The molecule has 7 heteroatoms. The lowest BCUT2D eigenvalue weighted by Crippen LogP contribution is -2.52. The molecule has 6 nitrogen and oxygen atoms in total. The Kier molecular flexibility index (Phi) is 5.34. The van der Waals surface area contributed by atoms with E-state index in [1.165, 1.54) is 6.07 Å². The molecule has 1 aromatic carbocycles. The van der Waals surface area contributed by atoms with Gasteiger partial charge in [-0.1, -0.05) is 19.1 Å². The molecule has 2 rings (SSSR count). The van der Waals surface area contributed by atoms with Crippen molar-refractivity contribution < 1.29 is 13.5 Å². The third-order valence-electron chi connectivity index (χ3n) is 3.69. The second kappa shape index (κ2) is 6.85. The molecule has 0 aliphatic carbocycles. The highest BCUT2D eigenvalue weighted by atomic mass is 32.2. The highest BCUT2D eigenvalue weighted by molar-refractivity contribution is 7.89. The Morgan fingerprint density at radius 1 is 1.29 bits per heavy atom. The fourth-order valence-electron chi connectivity index (χ4n) is 2.25. The van der Waals surface area contributed by atoms with E-state index >= 15 is 0 Å². The van der Waals surface area contributed by atoms with E-state index in [0.717, 1.165) is 13.1 Å². The first kappa shape index (κ1) is 16.4. The minimum absolute atomic E-state index is 0.187. The Hall–Kier alpha value is -0.990. The maximum absolute atomic E-state index is 12.4. The van der Waals surface area contributed by atoms with Crippen molar-refractivity contribution in [2.24, 2.45) is 0 Å². The minimum Gasteiger partial charge on any atom is -0.388 e. The number of hydrazine groups is 1. The predicted molar refractivity (Wildman–Crippen MR) is 81.1 cm³/mol. The molecule has 0 saturated carbocycles. The van der Waals surface area contributed by atoms with Gasteiger partial charge in [0, 0.05) is 26.2 Å². The molecular formula is C14H23N3O3S. The Balaban J connectivity index is 2.12. The van der Waals surface area contributed by atoms with Gasteiger partial charge in [-0.15, -0.1) is 4.83 Å². The van der Waals surface area contributed by atoms with Gasteiger partial charge in [0.05, 0.1) is 11.0 Å². The first-order valence-corrected chi connectivity index (χ1v) is 8.64. The lowest BCUT2D eigenvalue weighted by Gasteiger charge is -2.32. The molecule has 0 spiro atoms. The normalized spacial score (nSPS) is 19.6. The van der Waals surface area contributed by atoms with Crippen LogP contribution in [0.25, 0.3) is 0 Å². The van der Waals surface area contributed by atoms with Gasteiger partial charge in [-0.2, -0.15) is 0 Å². The van der Waals surface area contributed by atoms with Crippen molar-refractivity contribution >= 4 is 10.0 Å². The fourth-order valence-corrected chi connectivity index (χ4v) is 3.42. The van der Waals surface area contributed by atoms with E-state index in [9.17, 15) is 13.5 Å². The van der Waals surface area contributed by atoms with Crippen molar-refractivity contribution in [1.29, 1.82) is 0 Å². The van der Waals surface area contributed by atoms with Gasteiger partial charge in [-0.3, -0.25) is 0 Å². The predicted octanol–water partition coefficient (Wildman–Crippen LogP) is 0.571. The number of sulfonamides is 1. The standard InChI is InChI=1S/C14H23N3O3S/c1-3-14(18)12-5-4-6-13(11-12)21(19,20)15-17-9-7-16(2)8-10-17/h4-6,11,14-15,18H,3,7-10H2,1-2H3. The van der Waals surface area contributed by atoms with Gasteiger partial charge in [-0.05, 0) is 31.2 Å². The number of aliphatic hydroxyl groups excluding tert-OH is 1. The van der Waals surface area contributed by atoms with Crippen LogP contribution in [0.1, 0.15) is 25.0 Å². The maximum Gasteiger partial charge on any atom is 0.253 e. The molecule has 1 aliphatic rings. The summed E-state index contributed by atoms with van der Waals surface area (Å²) in [6.45, 7) is 4.84. The molecule has 1 atom stereocenters. The summed E-state index contributed by atoms with van der Waals surface area (Å²) in [5, 5.41) is 11.6. The zero-order valence-corrected chi connectivity index (χ0v) is 13.3. The molecule has 1 heterocycles. The summed E-state index contributed by atoms with van der Waals surface area (Å²) in [4.78, 5) is 4.96. The van der Waals surface area contributed by atoms with Crippen molar-refractivity contribution in [3.8, 4) is 0 Å². The number of aliphatic hydroxyl groups is 1. The number of nitrogens with zero attached hydrogens (tertiary/aromatic N) is 2. The molecule has 1 aromatic rings. The number of piperazine rings is 1. The lowest BCUT2D eigenvalue weighted by molar-refractivity contribution is 0.135. The number of rotatable bonds is 5. The van der Waals surface area contributed by atoms with Gasteiger partial charge in [0.2, 0.25) is 0 Å². The minimum atomic E-state index is -3.60. The van der Waals surface area contributed by atoms with E-state index < -0.39 is 16.1 Å². The van der Waals surface area contributed by atoms with Crippen LogP contribution in [-0.4, -0.2) is 56.7 Å². The van der Waals surface area contributed by atoms with Gasteiger partial charge in [0.25, 0.3) is 10.0 Å². The monoisotopic (exact) mass is 313 g/mol. The lowest BCUT2D eigenvalue weighted by atomic mass is 10.1. The number of nitrogens with one attached hydrogen (secondary N) is 1. The summed E-state index contributed by atoms with van der Waals surface area (Å²) in [7, 11) is -1.58. The van der Waals surface area contributed by atoms with E-state index in [2.05, 4.69) is 9.73 Å². The molecule has 1 unspecified atom stereocenters. The van der Waals surface area contributed by atoms with Crippen LogP contribution in [0.3, 0.4) is 0 Å². The van der Waals surface area contributed by atoms with Crippen LogP contribution in [0, 0.1) is 0 Å². The number of hydrogen-bond acceptors (Lipinski definition) is 5. The van der Waals surface area contributed by atoms with Crippen LogP contribution in [0.2, 0.25) is 0 Å². The molecule has 21 heavy (non-hydrogen) atoms. The topological polar surface area (TPSA) is 72.9 Å². The van der Waals surface area contributed by atoms with Crippen LogP contribution in [0.15, 0.2) is 29.2 Å². The summed E-state index contributed by atoms with van der Waals surface area (Å²) in [5.41, 5.74) is 0.624. The molecule has 0 bridgehead atoms. The number of hydrogen-bond donors (Lipinski definition) is 2. The summed E-state index contributed by atoms with van der Waals surface area (Å²) in [6, 6.07) is 6.48. The van der Waals surface area contributed by atoms with Crippen LogP contribution < -0.4 is 4.83 Å². The number of likely N-dealkylation sites (N-methyl/N-ethyl adjacent to an activating group) is 1. The number of benzene rings is 1. The van der Waals surface area contributed by atoms with E-state index in [1.54, 1.807) is 23.2 Å². The van der Waals surface area contributed by atoms with Crippen LogP contribution in [-0.2, 0) is 10.0 Å². The van der Waals surface area contributed by atoms with Gasteiger partial charge in [0.1, 0.15) is 0 Å². The fraction of sp³-hybridized carbons (Fsp3) is 0.571. The molecule has 1 aliphatic heterocycles. The molecule has 2 N–H and O–H groups in total. The van der Waals surface area contributed by atoms with Crippen molar-refractivity contribution in [3.05, 3.63) is 29.8 Å². The largest absolute Gasteiger partial charge is 0.388 e. The quantitative estimate of drug-likeness (QED) is 0.831. The molecule has 1 saturated heterocycles. The Bertz CT molecular complexity index is 569. The van der Waals surface area contributed by atoms with E-state index in [-0.39, 0.29) is 4.90 Å². The van der Waals surface area contributed by atoms with Crippen molar-refractivity contribution in [1.82, 2.24) is 14.7 Å². The molecular weight excluding hydrogens is 290 g/mol. The molecule has 0 radical (unpaired) electrons. The SMILES string of the molecule is CCC(O)c1cccc(S(=O)(=O)NN2CCN(C)CC2)c1. The third-order valence-corrected chi connectivity index (χ3v) is 5.07. The zero-order valence-electron chi connectivity index (χ0n) is 12.5. The molecule has 0 amide bonds. The summed E-state index contributed by atoms with van der Waals surface area (Å²) < 4.78 is 24.8. The molecule has 0 aromatic heterocycles. The molecule has 1 fully saturated rings. The second-order valence-corrected chi connectivity index (χ2v) is 7.04. The van der Waals surface area contributed by atoms with Gasteiger partial charge in [-0.25, -0.2) is 13.4 Å². The summed E-state index contributed by atoms with van der Waals surface area (Å²) >= 11 is 0. The van der Waals surface area contributed by atoms with Gasteiger partial charge < -0.3 is 10.0 Å². The smallest absolute Gasteiger partial charge is 0.253 e. The Morgan fingerprint density at radius 2 is 1.95 bits per heavy atom. The molecule has 118 valence electrons. The van der Waals surface area contributed by atoms with E-state index in [0.29, 0.717) is 25.1 Å². The maximum atomic E-state index is 12.4.